The smallest absolute Gasteiger partial charge is 0.138 e. The first-order valence-corrected chi connectivity index (χ1v) is 10.2. The summed E-state index contributed by atoms with van der Waals surface area (Å²) in [6, 6.07) is 0. The van der Waals surface area contributed by atoms with Crippen LogP contribution in [0.5, 0.6) is 0 Å². The normalized spacial score (nSPS) is 9.48. The van der Waals surface area contributed by atoms with Crippen LogP contribution in [0.3, 0.4) is 0 Å². The zero-order valence-corrected chi connectivity index (χ0v) is 18.7. The van der Waals surface area contributed by atoms with Crippen LogP contribution in [-0.4, -0.2) is 35.7 Å². The molecule has 0 aliphatic heterocycles. The topological polar surface area (TPSA) is 133 Å². The first kappa shape index (κ1) is 30.6. The van der Waals surface area contributed by atoms with Crippen LogP contribution in [0, 0.1) is 0 Å². The summed E-state index contributed by atoms with van der Waals surface area (Å²) in [5, 5.41) is 19.5. The van der Waals surface area contributed by atoms with Gasteiger partial charge in [-0.3, -0.25) is 9.59 Å². The Morgan fingerprint density at radius 2 is 1.04 bits per heavy atom. The van der Waals surface area contributed by atoms with Gasteiger partial charge in [-0.25, -0.2) is 0 Å². The number of hydrogen-bond acceptors (Lipinski definition) is 8. The Bertz CT molecular complexity index is 384. The van der Waals surface area contributed by atoms with Crippen molar-refractivity contribution in [3.05, 3.63) is 0 Å². The van der Waals surface area contributed by atoms with Crippen LogP contribution >= 0.6 is 0 Å². The van der Waals surface area contributed by atoms with E-state index >= 15 is 0 Å². The fourth-order valence-electron chi connectivity index (χ4n) is 1.28. The molecule has 156 valence electrons. The molecule has 0 saturated heterocycles. The molecular formula is C18H32O8Ti. The first-order chi connectivity index (χ1) is 12.5. The maximum atomic E-state index is 10.4. The molecule has 0 aliphatic rings. The van der Waals surface area contributed by atoms with Crippen molar-refractivity contribution in [3.63, 3.8) is 0 Å². The first-order valence-electron chi connectivity index (χ1n) is 8.95. The SMILES string of the molecule is CC(C)[O][Ti+2][O]C(C)C.CCCC(=O)CC(=O)[O-].CCCC(=O)CC(=O)[O-]. The summed E-state index contributed by atoms with van der Waals surface area (Å²) >= 11 is -0.574. The summed E-state index contributed by atoms with van der Waals surface area (Å²) in [4.78, 5) is 40.4. The van der Waals surface area contributed by atoms with Gasteiger partial charge in [-0.05, 0) is 12.8 Å². The van der Waals surface area contributed by atoms with Crippen LogP contribution in [0.15, 0.2) is 0 Å². The average Bonchev–Trinajstić information content (AvgIpc) is 2.46. The van der Waals surface area contributed by atoms with Crippen molar-refractivity contribution < 1.29 is 56.0 Å². The quantitative estimate of drug-likeness (QED) is 0.331. The van der Waals surface area contributed by atoms with E-state index in [1.165, 1.54) is 0 Å². The van der Waals surface area contributed by atoms with Gasteiger partial charge < -0.3 is 19.8 Å². The van der Waals surface area contributed by atoms with Crippen molar-refractivity contribution in [3.8, 4) is 0 Å². The molecule has 0 unspecified atom stereocenters. The van der Waals surface area contributed by atoms with E-state index in [-0.39, 0.29) is 11.6 Å². The van der Waals surface area contributed by atoms with Gasteiger partial charge in [-0.15, -0.1) is 0 Å². The molecule has 0 saturated carbocycles. The molecule has 0 aromatic carbocycles. The van der Waals surface area contributed by atoms with E-state index in [2.05, 4.69) is 0 Å². The second kappa shape index (κ2) is 21.2. The number of carboxylic acid groups (broad SMARTS) is 2. The number of aliphatic carboxylic acids is 2. The maximum absolute atomic E-state index is 10.4. The minimum Gasteiger partial charge on any atom is -0.550 e. The molecule has 9 heteroatoms. The van der Waals surface area contributed by atoms with Crippen molar-refractivity contribution in [1.82, 2.24) is 0 Å². The van der Waals surface area contributed by atoms with E-state index < -0.39 is 44.7 Å². The molecule has 0 radical (unpaired) electrons. The third-order valence-corrected chi connectivity index (χ3v) is 4.08. The standard InChI is InChI=1S/2C6H10O3.2C3H7O.Ti/c2*1-2-3-5(7)4-6(8)9;2*1-3(2)4;/h2*2-4H2,1H3,(H,8,9);2*3H,1-2H3;/q;;2*-1;+4/p-2. The van der Waals surface area contributed by atoms with Gasteiger partial charge in [-0.2, -0.15) is 0 Å². The minimum absolute atomic E-state index is 0.252. The van der Waals surface area contributed by atoms with E-state index in [4.69, 9.17) is 6.64 Å². The largest absolute Gasteiger partial charge is 0.550 e. The van der Waals surface area contributed by atoms with Crippen LogP contribution in [-0.2, 0) is 45.7 Å². The van der Waals surface area contributed by atoms with E-state index in [0.29, 0.717) is 37.9 Å². The molecule has 0 rings (SSSR count). The number of rotatable bonds is 12. The maximum Gasteiger partial charge on any atom is 0.138 e. The molecule has 0 fully saturated rings. The predicted molar refractivity (Wildman–Crippen MR) is 91.5 cm³/mol. The number of ketones is 2. The molecule has 0 aromatic heterocycles. The van der Waals surface area contributed by atoms with Crippen LogP contribution < -0.4 is 10.2 Å². The monoisotopic (exact) mass is 424 g/mol. The van der Waals surface area contributed by atoms with Gasteiger partial charge in [0.05, 0.1) is 0 Å². The van der Waals surface area contributed by atoms with Crippen molar-refractivity contribution >= 4 is 23.5 Å². The van der Waals surface area contributed by atoms with Crippen LogP contribution in [0.1, 0.15) is 80.1 Å². The van der Waals surface area contributed by atoms with Crippen LogP contribution in [0.4, 0.5) is 0 Å². The molecule has 27 heavy (non-hydrogen) atoms. The summed E-state index contributed by atoms with van der Waals surface area (Å²) in [7, 11) is 0. The van der Waals surface area contributed by atoms with Gasteiger partial charge in [0.25, 0.3) is 0 Å². The molecule has 0 aromatic rings. The second-order valence-electron chi connectivity index (χ2n) is 6.09. The number of carbonyl (C=O) groups excluding carboxylic acids is 4. The fourth-order valence-corrected chi connectivity index (χ4v) is 1.96. The van der Waals surface area contributed by atoms with Crippen LogP contribution in [0.25, 0.3) is 0 Å². The number of carboxylic acids is 2. The molecule has 0 heterocycles. The van der Waals surface area contributed by atoms with Crippen LogP contribution in [0.2, 0.25) is 0 Å². The molecule has 0 amide bonds. The van der Waals surface area contributed by atoms with Crippen molar-refractivity contribution in [2.45, 2.75) is 92.3 Å². The molecule has 0 spiro atoms. The Morgan fingerprint density at radius 3 is 1.22 bits per heavy atom. The molecule has 0 aliphatic carbocycles. The van der Waals surface area contributed by atoms with Gasteiger partial charge in [0.15, 0.2) is 0 Å². The minimum atomic E-state index is -1.28. The fraction of sp³-hybridized carbons (Fsp3) is 0.778. The molecule has 8 nitrogen and oxygen atoms in total. The summed E-state index contributed by atoms with van der Waals surface area (Å²) in [6.45, 7) is 11.7. The Labute approximate surface area is 171 Å². The molecule has 0 N–H and O–H groups in total. The number of Topliss-reactive ketones (excluding diaryl/α,β-unsaturated/α-hetero) is 2. The molecule has 0 bridgehead atoms. The van der Waals surface area contributed by atoms with E-state index in [9.17, 15) is 29.4 Å². The van der Waals surface area contributed by atoms with E-state index in [0.717, 1.165) is 0 Å². The third kappa shape index (κ3) is 36.6. The third-order valence-electron chi connectivity index (χ3n) is 2.31. The van der Waals surface area contributed by atoms with Gasteiger partial charge in [0, 0.05) is 37.6 Å². The van der Waals surface area contributed by atoms with Gasteiger partial charge in [0.1, 0.15) is 11.6 Å². The van der Waals surface area contributed by atoms with Crippen molar-refractivity contribution in [2.75, 3.05) is 0 Å². The Morgan fingerprint density at radius 1 is 0.741 bits per heavy atom. The van der Waals surface area contributed by atoms with Crippen molar-refractivity contribution in [1.29, 1.82) is 0 Å². The van der Waals surface area contributed by atoms with Crippen molar-refractivity contribution in [2.24, 2.45) is 0 Å². The Balaban J connectivity index is -0.000000320. The zero-order chi connectivity index (χ0) is 21.8. The Kier molecular flexibility index (Phi) is 24.1. The Hall–Kier alpha value is -1.09. The van der Waals surface area contributed by atoms with Gasteiger partial charge in [-0.1, -0.05) is 13.8 Å². The number of hydrogen-bond donors (Lipinski definition) is 0. The molecule has 0 atom stereocenters. The summed E-state index contributed by atoms with van der Waals surface area (Å²) < 4.78 is 10.5. The summed E-state index contributed by atoms with van der Waals surface area (Å²) in [5.41, 5.74) is 0. The average molecular weight is 424 g/mol. The summed E-state index contributed by atoms with van der Waals surface area (Å²) in [6.07, 6.45) is 1.86. The predicted octanol–water partition coefficient (Wildman–Crippen LogP) is 0.740. The zero-order valence-electron chi connectivity index (χ0n) is 17.2. The van der Waals surface area contributed by atoms with E-state index in [1.54, 1.807) is 0 Å². The van der Waals surface area contributed by atoms with Gasteiger partial charge in [0.2, 0.25) is 0 Å². The molecular weight excluding hydrogens is 392 g/mol. The number of carbonyl (C=O) groups is 4. The second-order valence-corrected chi connectivity index (χ2v) is 7.09. The summed E-state index contributed by atoms with van der Waals surface area (Å²) in [5.74, 6) is -3.07. The van der Waals surface area contributed by atoms with E-state index in [1.807, 2.05) is 41.5 Å². The van der Waals surface area contributed by atoms with Gasteiger partial charge >= 0.3 is 66.5 Å².